The fourth-order valence-corrected chi connectivity index (χ4v) is 2.95. The predicted molar refractivity (Wildman–Crippen MR) is 77.1 cm³/mol. The van der Waals surface area contributed by atoms with Crippen molar-refractivity contribution in [2.75, 3.05) is 26.2 Å². The van der Waals surface area contributed by atoms with E-state index >= 15 is 0 Å². The molecule has 1 amide bonds. The van der Waals surface area contributed by atoms with Crippen molar-refractivity contribution in [3.05, 3.63) is 0 Å². The largest absolute Gasteiger partial charge is 0.340 e. The number of hydrogen-bond acceptors (Lipinski definition) is 2. The van der Waals surface area contributed by atoms with Crippen LogP contribution in [0.1, 0.15) is 46.0 Å². The predicted octanol–water partition coefficient (Wildman–Crippen LogP) is 2.45. The Kier molecular flexibility index (Phi) is 5.93. The van der Waals surface area contributed by atoms with Crippen LogP contribution in [0.25, 0.3) is 0 Å². The highest BCUT2D eigenvalue weighted by atomic mass is 35.5. The summed E-state index contributed by atoms with van der Waals surface area (Å²) in [6, 6.07) is 0. The van der Waals surface area contributed by atoms with Gasteiger partial charge in [-0.25, -0.2) is 0 Å². The number of rotatable bonds is 2. The summed E-state index contributed by atoms with van der Waals surface area (Å²) < 4.78 is 0. The standard InChI is InChI=1S/C14H26N2O.ClH/c1-14(2)5-3-12(4-6-14)11-13(17)16-9-7-15-8-10-16;/h12,15H,3-11H2,1-2H3;1H. The molecule has 0 aromatic heterocycles. The molecule has 18 heavy (non-hydrogen) atoms. The number of halogens is 1. The van der Waals surface area contributed by atoms with Crippen LogP contribution in [0, 0.1) is 11.3 Å². The van der Waals surface area contributed by atoms with Gasteiger partial charge in [0.25, 0.3) is 0 Å². The summed E-state index contributed by atoms with van der Waals surface area (Å²) in [5.41, 5.74) is 0.509. The van der Waals surface area contributed by atoms with Gasteiger partial charge in [-0.3, -0.25) is 4.79 Å². The average molecular weight is 275 g/mol. The summed E-state index contributed by atoms with van der Waals surface area (Å²) >= 11 is 0. The van der Waals surface area contributed by atoms with Crippen LogP contribution < -0.4 is 5.32 Å². The maximum atomic E-state index is 12.1. The third-order valence-electron chi connectivity index (χ3n) is 4.39. The van der Waals surface area contributed by atoms with Gasteiger partial charge < -0.3 is 10.2 Å². The molecule has 0 spiro atoms. The van der Waals surface area contributed by atoms with Crippen LogP contribution in [-0.4, -0.2) is 37.0 Å². The second-order valence-electron chi connectivity index (χ2n) is 6.44. The van der Waals surface area contributed by atoms with Gasteiger partial charge in [0, 0.05) is 32.6 Å². The Morgan fingerprint density at radius 3 is 2.33 bits per heavy atom. The van der Waals surface area contributed by atoms with Crippen LogP contribution in [0.4, 0.5) is 0 Å². The van der Waals surface area contributed by atoms with E-state index in [2.05, 4.69) is 19.2 Å². The molecule has 106 valence electrons. The highest BCUT2D eigenvalue weighted by Gasteiger charge is 2.29. The molecule has 0 bridgehead atoms. The third-order valence-corrected chi connectivity index (χ3v) is 4.39. The highest BCUT2D eigenvalue weighted by molar-refractivity contribution is 5.85. The molecule has 2 aliphatic rings. The van der Waals surface area contributed by atoms with Crippen molar-refractivity contribution in [1.82, 2.24) is 10.2 Å². The van der Waals surface area contributed by atoms with Gasteiger partial charge in [0.1, 0.15) is 0 Å². The molecule has 0 atom stereocenters. The van der Waals surface area contributed by atoms with Crippen molar-refractivity contribution in [2.24, 2.45) is 11.3 Å². The van der Waals surface area contributed by atoms with E-state index in [-0.39, 0.29) is 12.4 Å². The van der Waals surface area contributed by atoms with Gasteiger partial charge in [0.2, 0.25) is 5.91 Å². The Morgan fingerprint density at radius 2 is 1.78 bits per heavy atom. The van der Waals surface area contributed by atoms with Gasteiger partial charge in [-0.1, -0.05) is 13.8 Å². The van der Waals surface area contributed by atoms with E-state index in [1.165, 1.54) is 25.7 Å². The number of nitrogens with one attached hydrogen (secondary N) is 1. The quantitative estimate of drug-likeness (QED) is 0.839. The Labute approximate surface area is 117 Å². The molecule has 1 heterocycles. The number of hydrogen-bond donors (Lipinski definition) is 1. The lowest BCUT2D eigenvalue weighted by atomic mass is 9.72. The molecule has 0 unspecified atom stereocenters. The van der Waals surface area contributed by atoms with Gasteiger partial charge in [0.15, 0.2) is 0 Å². The number of piperazine rings is 1. The zero-order chi connectivity index (χ0) is 12.3. The van der Waals surface area contributed by atoms with E-state index in [1.54, 1.807) is 0 Å². The van der Waals surface area contributed by atoms with E-state index in [9.17, 15) is 4.79 Å². The van der Waals surface area contributed by atoms with Crippen LogP contribution in [0.5, 0.6) is 0 Å². The molecular weight excluding hydrogens is 248 g/mol. The van der Waals surface area contributed by atoms with Crippen LogP contribution in [0.2, 0.25) is 0 Å². The van der Waals surface area contributed by atoms with E-state index in [0.29, 0.717) is 17.2 Å². The van der Waals surface area contributed by atoms with Crippen LogP contribution in [-0.2, 0) is 4.79 Å². The summed E-state index contributed by atoms with van der Waals surface area (Å²) in [5.74, 6) is 1.03. The molecular formula is C14H27ClN2O. The van der Waals surface area contributed by atoms with Gasteiger partial charge in [-0.05, 0) is 37.0 Å². The molecule has 3 nitrogen and oxygen atoms in total. The first-order valence-corrected chi connectivity index (χ1v) is 7.05. The minimum atomic E-state index is 0. The molecule has 1 N–H and O–H groups in total. The van der Waals surface area contributed by atoms with Crippen molar-refractivity contribution in [3.8, 4) is 0 Å². The van der Waals surface area contributed by atoms with Crippen molar-refractivity contribution >= 4 is 18.3 Å². The van der Waals surface area contributed by atoms with Gasteiger partial charge in [0.05, 0.1) is 0 Å². The van der Waals surface area contributed by atoms with Crippen molar-refractivity contribution in [1.29, 1.82) is 0 Å². The second kappa shape index (κ2) is 6.76. The minimum absolute atomic E-state index is 0. The summed E-state index contributed by atoms with van der Waals surface area (Å²) in [5, 5.41) is 3.29. The zero-order valence-electron chi connectivity index (χ0n) is 11.7. The number of nitrogens with zero attached hydrogens (tertiary/aromatic N) is 1. The van der Waals surface area contributed by atoms with Crippen LogP contribution in [0.15, 0.2) is 0 Å². The molecule has 1 aliphatic heterocycles. The van der Waals surface area contributed by atoms with Gasteiger partial charge in [-0.2, -0.15) is 0 Å². The molecule has 2 rings (SSSR count). The van der Waals surface area contributed by atoms with E-state index in [0.717, 1.165) is 32.6 Å². The fourth-order valence-electron chi connectivity index (χ4n) is 2.95. The number of carbonyl (C=O) groups is 1. The first-order chi connectivity index (χ1) is 8.07. The molecule has 2 fully saturated rings. The van der Waals surface area contributed by atoms with Gasteiger partial charge in [-0.15, -0.1) is 12.4 Å². The van der Waals surface area contributed by atoms with Crippen molar-refractivity contribution in [3.63, 3.8) is 0 Å². The first-order valence-electron chi connectivity index (χ1n) is 7.05. The summed E-state index contributed by atoms with van der Waals surface area (Å²) in [7, 11) is 0. The summed E-state index contributed by atoms with van der Waals surface area (Å²) in [4.78, 5) is 14.2. The minimum Gasteiger partial charge on any atom is -0.340 e. The normalized spacial score (nSPS) is 24.4. The summed E-state index contributed by atoms with van der Waals surface area (Å²) in [6.07, 6.45) is 5.84. The van der Waals surface area contributed by atoms with Crippen molar-refractivity contribution in [2.45, 2.75) is 46.0 Å². The fraction of sp³-hybridized carbons (Fsp3) is 0.929. The van der Waals surface area contributed by atoms with Crippen LogP contribution >= 0.6 is 12.4 Å². The molecule has 4 heteroatoms. The van der Waals surface area contributed by atoms with Crippen LogP contribution in [0.3, 0.4) is 0 Å². The smallest absolute Gasteiger partial charge is 0.222 e. The average Bonchev–Trinajstić information content (AvgIpc) is 2.33. The lowest BCUT2D eigenvalue weighted by molar-refractivity contribution is -0.133. The summed E-state index contributed by atoms with van der Waals surface area (Å²) in [6.45, 7) is 8.42. The Morgan fingerprint density at radius 1 is 1.22 bits per heavy atom. The van der Waals surface area contributed by atoms with E-state index in [1.807, 2.05) is 4.90 Å². The van der Waals surface area contributed by atoms with Gasteiger partial charge >= 0.3 is 0 Å². The zero-order valence-corrected chi connectivity index (χ0v) is 12.5. The second-order valence-corrected chi connectivity index (χ2v) is 6.44. The lowest BCUT2D eigenvalue weighted by Crippen LogP contribution is -2.46. The topological polar surface area (TPSA) is 32.3 Å². The maximum Gasteiger partial charge on any atom is 0.222 e. The molecule has 0 aromatic carbocycles. The molecule has 0 radical (unpaired) electrons. The number of amides is 1. The van der Waals surface area contributed by atoms with E-state index in [4.69, 9.17) is 0 Å². The Bertz CT molecular complexity index is 265. The molecule has 1 aliphatic carbocycles. The SMILES string of the molecule is CC1(C)CCC(CC(=O)N2CCNCC2)CC1.Cl. The maximum absolute atomic E-state index is 12.1. The lowest BCUT2D eigenvalue weighted by Gasteiger charge is -2.35. The number of carbonyl (C=O) groups excluding carboxylic acids is 1. The monoisotopic (exact) mass is 274 g/mol. The van der Waals surface area contributed by atoms with E-state index < -0.39 is 0 Å². The Hall–Kier alpha value is -0.280. The molecule has 1 saturated heterocycles. The first kappa shape index (κ1) is 15.8. The molecule has 0 aromatic rings. The third kappa shape index (κ3) is 4.43. The highest BCUT2D eigenvalue weighted by Crippen LogP contribution is 2.39. The molecule has 1 saturated carbocycles. The Balaban J connectivity index is 0.00000162. The van der Waals surface area contributed by atoms with Crippen molar-refractivity contribution < 1.29 is 4.79 Å².